The van der Waals surface area contributed by atoms with Gasteiger partial charge in [0, 0.05) is 18.2 Å². The molecule has 5 nitrogen and oxygen atoms in total. The Labute approximate surface area is 140 Å². The number of carbonyl (C=O) groups is 2. The number of halogens is 2. The van der Waals surface area contributed by atoms with E-state index in [4.69, 9.17) is 23.2 Å². The molecule has 1 aliphatic heterocycles. The first-order valence-electron chi connectivity index (χ1n) is 7.25. The van der Waals surface area contributed by atoms with E-state index in [9.17, 15) is 9.59 Å². The summed E-state index contributed by atoms with van der Waals surface area (Å²) in [5, 5.41) is 3.24. The number of nitrogens with zero attached hydrogens (tertiary/aromatic N) is 2. The number of likely N-dealkylation sites (tertiary alicyclic amines) is 1. The Hall–Kier alpha value is -1.33. The van der Waals surface area contributed by atoms with Crippen LogP contribution in [0.4, 0.5) is 0 Å². The Morgan fingerprint density at radius 3 is 2.73 bits per heavy atom. The van der Waals surface area contributed by atoms with E-state index < -0.39 is 6.04 Å². The summed E-state index contributed by atoms with van der Waals surface area (Å²) in [7, 11) is 0. The van der Waals surface area contributed by atoms with Gasteiger partial charge in [-0.3, -0.25) is 9.59 Å². The monoisotopic (exact) mass is 343 g/mol. The normalized spacial score (nSPS) is 17.9. The van der Waals surface area contributed by atoms with Gasteiger partial charge in [-0.15, -0.1) is 0 Å². The van der Waals surface area contributed by atoms with Crippen LogP contribution in [0.3, 0.4) is 0 Å². The maximum absolute atomic E-state index is 12.8. The van der Waals surface area contributed by atoms with Crippen molar-refractivity contribution in [2.24, 2.45) is 0 Å². The predicted molar refractivity (Wildman–Crippen MR) is 86.3 cm³/mol. The van der Waals surface area contributed by atoms with Crippen molar-refractivity contribution >= 4 is 35.0 Å². The van der Waals surface area contributed by atoms with Gasteiger partial charge in [0.25, 0.3) is 5.91 Å². The summed E-state index contributed by atoms with van der Waals surface area (Å²) in [6.07, 6.45) is 1.46. The number of hydrogen-bond donors (Lipinski definition) is 1. The molecule has 1 fully saturated rings. The summed E-state index contributed by atoms with van der Waals surface area (Å²) in [4.78, 5) is 30.5. The van der Waals surface area contributed by atoms with Gasteiger partial charge in [-0.05, 0) is 45.2 Å². The quantitative estimate of drug-likeness (QED) is 0.858. The Morgan fingerprint density at radius 1 is 1.41 bits per heavy atom. The fourth-order valence-corrected chi connectivity index (χ4v) is 3.02. The minimum Gasteiger partial charge on any atom is -0.352 e. The lowest BCUT2D eigenvalue weighted by Crippen LogP contribution is -2.47. The second kappa shape index (κ2) is 6.84. The Bertz CT molecular complexity index is 605. The molecule has 0 unspecified atom stereocenters. The number of carbonyl (C=O) groups excluding carboxylic acids is 2. The number of aromatic nitrogens is 1. The molecule has 1 atom stereocenters. The second-order valence-corrected chi connectivity index (χ2v) is 6.47. The van der Waals surface area contributed by atoms with E-state index in [1.54, 1.807) is 11.8 Å². The van der Waals surface area contributed by atoms with Crippen LogP contribution >= 0.6 is 23.2 Å². The Kier molecular flexibility index (Phi) is 5.29. The van der Waals surface area contributed by atoms with Crippen molar-refractivity contribution in [3.63, 3.8) is 0 Å². The molecule has 1 aromatic heterocycles. The van der Waals surface area contributed by atoms with Crippen molar-refractivity contribution in [1.82, 2.24) is 15.2 Å². The van der Waals surface area contributed by atoms with Crippen molar-refractivity contribution in [2.45, 2.75) is 45.7 Å². The van der Waals surface area contributed by atoms with Gasteiger partial charge in [0.2, 0.25) is 5.91 Å². The molecule has 1 N–H and O–H groups in total. The number of pyridine rings is 1. The van der Waals surface area contributed by atoms with Gasteiger partial charge in [-0.1, -0.05) is 23.2 Å². The van der Waals surface area contributed by atoms with E-state index in [1.165, 1.54) is 6.07 Å². The van der Waals surface area contributed by atoms with Crippen molar-refractivity contribution in [3.05, 3.63) is 27.5 Å². The fourth-order valence-electron chi connectivity index (χ4n) is 2.59. The summed E-state index contributed by atoms with van der Waals surface area (Å²) in [5.74, 6) is -0.352. The zero-order valence-electron chi connectivity index (χ0n) is 12.8. The fraction of sp³-hybridized carbons (Fsp3) is 0.533. The smallest absolute Gasteiger partial charge is 0.255 e. The predicted octanol–water partition coefficient (Wildman–Crippen LogP) is 2.83. The van der Waals surface area contributed by atoms with Crippen LogP contribution in [0.2, 0.25) is 10.3 Å². The first-order chi connectivity index (χ1) is 10.3. The average molecular weight is 344 g/mol. The summed E-state index contributed by atoms with van der Waals surface area (Å²) >= 11 is 11.9. The van der Waals surface area contributed by atoms with Gasteiger partial charge in [-0.25, -0.2) is 4.98 Å². The van der Waals surface area contributed by atoms with E-state index >= 15 is 0 Å². The van der Waals surface area contributed by atoms with Crippen molar-refractivity contribution < 1.29 is 9.59 Å². The summed E-state index contributed by atoms with van der Waals surface area (Å²) in [5.41, 5.74) is 0.972. The van der Waals surface area contributed by atoms with E-state index in [2.05, 4.69) is 10.3 Å². The molecule has 0 bridgehead atoms. The van der Waals surface area contributed by atoms with Gasteiger partial charge < -0.3 is 10.2 Å². The summed E-state index contributed by atoms with van der Waals surface area (Å²) in [6, 6.07) is 1.09. The SMILES string of the molecule is Cc1c(C(=O)N2CCC[C@@H]2C(=O)NC(C)C)cc(Cl)nc1Cl. The maximum atomic E-state index is 12.8. The molecule has 1 saturated heterocycles. The molecule has 0 radical (unpaired) electrons. The van der Waals surface area contributed by atoms with Gasteiger partial charge in [0.05, 0.1) is 0 Å². The molecule has 0 spiro atoms. The highest BCUT2D eigenvalue weighted by atomic mass is 35.5. The van der Waals surface area contributed by atoms with Crippen LogP contribution in [0.1, 0.15) is 42.6 Å². The van der Waals surface area contributed by atoms with E-state index in [0.29, 0.717) is 24.1 Å². The lowest BCUT2D eigenvalue weighted by Gasteiger charge is -2.25. The largest absolute Gasteiger partial charge is 0.352 e. The molecule has 1 aliphatic rings. The maximum Gasteiger partial charge on any atom is 0.255 e. The van der Waals surface area contributed by atoms with Crippen LogP contribution < -0.4 is 5.32 Å². The van der Waals surface area contributed by atoms with Crippen LogP contribution in [0, 0.1) is 6.92 Å². The molecule has 0 aliphatic carbocycles. The minimum absolute atomic E-state index is 0.0385. The molecule has 7 heteroatoms. The molecule has 2 heterocycles. The van der Waals surface area contributed by atoms with Gasteiger partial charge in [0.1, 0.15) is 16.3 Å². The third-order valence-electron chi connectivity index (χ3n) is 3.66. The zero-order chi connectivity index (χ0) is 16.4. The minimum atomic E-state index is -0.444. The first-order valence-corrected chi connectivity index (χ1v) is 8.01. The van der Waals surface area contributed by atoms with Crippen LogP contribution in [-0.2, 0) is 4.79 Å². The standard InChI is InChI=1S/C15H19Cl2N3O2/c1-8(2)18-14(21)11-5-4-6-20(11)15(22)10-7-12(16)19-13(17)9(10)3/h7-8,11H,4-6H2,1-3H3,(H,18,21)/t11-/m1/s1. The lowest BCUT2D eigenvalue weighted by molar-refractivity contribution is -0.125. The topological polar surface area (TPSA) is 62.3 Å². The van der Waals surface area contributed by atoms with Crippen LogP contribution in [0.15, 0.2) is 6.07 Å². The number of amides is 2. The van der Waals surface area contributed by atoms with Crippen molar-refractivity contribution in [2.75, 3.05) is 6.54 Å². The number of hydrogen-bond acceptors (Lipinski definition) is 3. The van der Waals surface area contributed by atoms with Gasteiger partial charge in [0.15, 0.2) is 0 Å². The lowest BCUT2D eigenvalue weighted by atomic mass is 10.1. The molecule has 1 aromatic rings. The number of rotatable bonds is 3. The van der Waals surface area contributed by atoms with Crippen molar-refractivity contribution in [1.29, 1.82) is 0 Å². The van der Waals surface area contributed by atoms with E-state index in [-0.39, 0.29) is 28.2 Å². The van der Waals surface area contributed by atoms with Gasteiger partial charge in [-0.2, -0.15) is 0 Å². The van der Waals surface area contributed by atoms with Gasteiger partial charge >= 0.3 is 0 Å². The number of nitrogens with one attached hydrogen (secondary N) is 1. The molecular weight excluding hydrogens is 325 g/mol. The zero-order valence-corrected chi connectivity index (χ0v) is 14.3. The third kappa shape index (κ3) is 3.52. The van der Waals surface area contributed by atoms with E-state index in [0.717, 1.165) is 6.42 Å². The molecule has 120 valence electrons. The average Bonchev–Trinajstić information content (AvgIpc) is 2.90. The Balaban J connectivity index is 2.27. The first kappa shape index (κ1) is 17.0. The van der Waals surface area contributed by atoms with Crippen molar-refractivity contribution in [3.8, 4) is 0 Å². The van der Waals surface area contributed by atoms with Crippen LogP contribution in [-0.4, -0.2) is 40.3 Å². The second-order valence-electron chi connectivity index (χ2n) is 5.73. The van der Waals surface area contributed by atoms with E-state index in [1.807, 2.05) is 13.8 Å². The molecule has 22 heavy (non-hydrogen) atoms. The van der Waals surface area contributed by atoms with Crippen LogP contribution in [0.5, 0.6) is 0 Å². The summed E-state index contributed by atoms with van der Waals surface area (Å²) in [6.45, 7) is 6.06. The Morgan fingerprint density at radius 2 is 2.09 bits per heavy atom. The summed E-state index contributed by atoms with van der Waals surface area (Å²) < 4.78 is 0. The highest BCUT2D eigenvalue weighted by molar-refractivity contribution is 6.33. The molecule has 0 aromatic carbocycles. The molecule has 0 saturated carbocycles. The highest BCUT2D eigenvalue weighted by Crippen LogP contribution is 2.26. The van der Waals surface area contributed by atoms with Crippen LogP contribution in [0.25, 0.3) is 0 Å². The third-order valence-corrected chi connectivity index (χ3v) is 4.22. The molecule has 2 amide bonds. The highest BCUT2D eigenvalue weighted by Gasteiger charge is 2.35. The molecule has 2 rings (SSSR count). The molecular formula is C15H19Cl2N3O2.